The lowest BCUT2D eigenvalue weighted by Crippen LogP contribution is -2.39. The van der Waals surface area contributed by atoms with E-state index in [1.165, 1.54) is 17.2 Å². The molecule has 0 aromatic carbocycles. The summed E-state index contributed by atoms with van der Waals surface area (Å²) < 4.78 is 0. The summed E-state index contributed by atoms with van der Waals surface area (Å²) in [7, 11) is 9.73. The molecule has 0 unspecified atom stereocenters. The highest BCUT2D eigenvalue weighted by atomic mass is 16.2. The molecule has 6 amide bonds. The highest BCUT2D eigenvalue weighted by Crippen LogP contribution is 1.97. The molecule has 0 saturated carbocycles. The van der Waals surface area contributed by atoms with E-state index in [4.69, 9.17) is 4.79 Å². The van der Waals surface area contributed by atoms with Gasteiger partial charge in [0.05, 0.1) is 0 Å². The van der Waals surface area contributed by atoms with Crippen molar-refractivity contribution in [2.45, 2.75) is 26.8 Å². The summed E-state index contributed by atoms with van der Waals surface area (Å²) in [5, 5.41) is 9.69. The zero-order valence-electron chi connectivity index (χ0n) is 24.8. The molecule has 11 nitrogen and oxygen atoms in total. The van der Waals surface area contributed by atoms with E-state index < -0.39 is 0 Å². The first-order chi connectivity index (χ1) is 17.8. The van der Waals surface area contributed by atoms with Crippen LogP contribution in [0.25, 0.3) is 0 Å². The van der Waals surface area contributed by atoms with Crippen LogP contribution in [0, 0.1) is 5.92 Å². The molecule has 0 bridgehead atoms. The van der Waals surface area contributed by atoms with E-state index in [1.54, 1.807) is 71.5 Å². The number of hydrogen-bond donors (Lipinski definition) is 4. The molecule has 0 aromatic rings. The average Bonchev–Trinajstić information content (AvgIpc) is 2.93. The number of carbonyl (C=O) groups excluding carboxylic acids is 4. The number of hydrogen-bond acceptors (Lipinski definition) is 5. The number of rotatable bonds is 6. The van der Waals surface area contributed by atoms with Crippen molar-refractivity contribution in [3.05, 3.63) is 76.2 Å². The van der Waals surface area contributed by atoms with Gasteiger partial charge in [-0.1, -0.05) is 37.5 Å². The van der Waals surface area contributed by atoms with Crippen molar-refractivity contribution in [2.24, 2.45) is 10.9 Å². The summed E-state index contributed by atoms with van der Waals surface area (Å²) in [6.45, 7) is 26.4. The summed E-state index contributed by atoms with van der Waals surface area (Å²) >= 11 is 0. The highest BCUT2D eigenvalue weighted by Gasteiger charge is 2.07. The molecule has 0 atom stereocenters. The van der Waals surface area contributed by atoms with Gasteiger partial charge in [0.2, 0.25) is 6.08 Å². The van der Waals surface area contributed by atoms with Crippen LogP contribution in [0.4, 0.5) is 14.4 Å². The maximum atomic E-state index is 10.8. The molecule has 0 spiro atoms. The molecular formula is C27H51N7O4. The molecule has 218 valence electrons. The van der Waals surface area contributed by atoms with Gasteiger partial charge in [-0.3, -0.25) is 0 Å². The van der Waals surface area contributed by atoms with Crippen molar-refractivity contribution >= 4 is 24.2 Å². The fourth-order valence-electron chi connectivity index (χ4n) is 1.12. The molecule has 0 aromatic heterocycles. The second kappa shape index (κ2) is 39.8. The van der Waals surface area contributed by atoms with Crippen LogP contribution in [0.3, 0.4) is 0 Å². The van der Waals surface area contributed by atoms with Crippen molar-refractivity contribution in [3.8, 4) is 0 Å². The summed E-state index contributed by atoms with van der Waals surface area (Å²) in [6, 6.07) is -0.0787. The first kappa shape index (κ1) is 46.9. The summed E-state index contributed by atoms with van der Waals surface area (Å²) in [4.78, 5) is 46.2. The zero-order valence-corrected chi connectivity index (χ0v) is 24.8. The largest absolute Gasteiger partial charge is 0.341 e. The van der Waals surface area contributed by atoms with Crippen molar-refractivity contribution in [1.82, 2.24) is 31.1 Å². The lowest BCUT2D eigenvalue weighted by Gasteiger charge is -2.20. The standard InChI is InChI=1S/C7H10.C6H14N2O.C5H10N2O.C3H8N2O.C3H3NO.C3H6/c1-4-7(5-2)6-3;1-5(2)8(4)6(9)7-3;1-4-7(3)5(8)6-2;1-4-3(6)5-2;1-2-4-3-5;1-3-2/h4-7H,1-3H2;5H,1-4H3,(H,7,9);4H,1H2,2-3H3,(H,6,8);1-2H3,(H2,4,5,6);2H,1H2;3H,1H2,2H3. The van der Waals surface area contributed by atoms with Gasteiger partial charge in [-0.25, -0.2) is 19.2 Å². The molecule has 0 fully saturated rings. The minimum absolute atomic E-state index is 0.0370. The summed E-state index contributed by atoms with van der Waals surface area (Å²) in [6.07, 6.45) is 11.0. The third kappa shape index (κ3) is 45.2. The molecule has 0 aliphatic carbocycles. The second-order valence-corrected chi connectivity index (χ2v) is 6.53. The Bertz CT molecular complexity index is 691. The van der Waals surface area contributed by atoms with E-state index in [2.05, 4.69) is 65.7 Å². The molecule has 0 radical (unpaired) electrons. The number of nitrogens with one attached hydrogen (secondary N) is 4. The van der Waals surface area contributed by atoms with E-state index >= 15 is 0 Å². The van der Waals surface area contributed by atoms with Crippen LogP contribution >= 0.6 is 0 Å². The van der Waals surface area contributed by atoms with Gasteiger partial charge in [0, 0.05) is 66.6 Å². The number of aliphatic imine (C=N–C) groups is 1. The highest BCUT2D eigenvalue weighted by molar-refractivity contribution is 5.74. The number of carbonyl (C=O) groups is 3. The van der Waals surface area contributed by atoms with E-state index in [0.717, 1.165) is 6.20 Å². The Kier molecular flexibility index (Phi) is 49.2. The van der Waals surface area contributed by atoms with Crippen molar-refractivity contribution in [1.29, 1.82) is 0 Å². The van der Waals surface area contributed by atoms with Crippen molar-refractivity contribution in [3.63, 3.8) is 0 Å². The van der Waals surface area contributed by atoms with Crippen LogP contribution in [-0.2, 0) is 4.79 Å². The number of amides is 6. The van der Waals surface area contributed by atoms with Crippen LogP contribution in [0.2, 0.25) is 0 Å². The average molecular weight is 538 g/mol. The number of isocyanates is 1. The lowest BCUT2D eigenvalue weighted by atomic mass is 10.1. The molecule has 38 heavy (non-hydrogen) atoms. The van der Waals surface area contributed by atoms with E-state index in [-0.39, 0.29) is 30.1 Å². The molecule has 0 saturated heterocycles. The van der Waals surface area contributed by atoms with Gasteiger partial charge in [0.15, 0.2) is 0 Å². The van der Waals surface area contributed by atoms with Gasteiger partial charge >= 0.3 is 18.1 Å². The minimum atomic E-state index is -0.157. The van der Waals surface area contributed by atoms with Crippen LogP contribution in [0.15, 0.2) is 81.2 Å². The number of nitrogens with zero attached hydrogens (tertiary/aromatic N) is 3. The van der Waals surface area contributed by atoms with Gasteiger partial charge < -0.3 is 31.1 Å². The quantitative estimate of drug-likeness (QED) is 0.226. The third-order valence-electron chi connectivity index (χ3n) is 3.53. The molecule has 0 rings (SSSR count). The first-order valence-electron chi connectivity index (χ1n) is 11.3. The van der Waals surface area contributed by atoms with Crippen molar-refractivity contribution < 1.29 is 19.2 Å². The molecular weight excluding hydrogens is 486 g/mol. The van der Waals surface area contributed by atoms with Crippen molar-refractivity contribution in [2.75, 3.05) is 42.3 Å². The van der Waals surface area contributed by atoms with Crippen LogP contribution in [0.1, 0.15) is 20.8 Å². The third-order valence-corrected chi connectivity index (χ3v) is 3.53. The SMILES string of the molecule is C=CC.C=CC(C=C)C=C.C=CN(C)C(=O)NC.C=CN=C=O.CNC(=O)N(C)C(C)C.CNC(=O)NC. The normalized spacial score (nSPS) is 7.45. The predicted molar refractivity (Wildman–Crippen MR) is 162 cm³/mol. The van der Waals surface area contributed by atoms with Gasteiger partial charge in [-0.2, -0.15) is 4.99 Å². The molecule has 4 N–H and O–H groups in total. The Hall–Kier alpha value is -4.37. The van der Waals surface area contributed by atoms with E-state index in [1.807, 2.05) is 20.8 Å². The Balaban J connectivity index is -0.0000000830. The molecule has 0 heterocycles. The van der Waals surface area contributed by atoms with Gasteiger partial charge in [-0.15, -0.1) is 26.3 Å². The monoisotopic (exact) mass is 537 g/mol. The summed E-state index contributed by atoms with van der Waals surface area (Å²) in [5.41, 5.74) is 0. The van der Waals surface area contributed by atoms with Gasteiger partial charge in [0.1, 0.15) is 0 Å². The van der Waals surface area contributed by atoms with Gasteiger partial charge in [0.25, 0.3) is 0 Å². The van der Waals surface area contributed by atoms with Crippen LogP contribution in [0.5, 0.6) is 0 Å². The molecule has 0 aliphatic heterocycles. The number of urea groups is 3. The fraction of sp³-hybridized carbons (Fsp3) is 0.407. The number of allylic oxidation sites excluding steroid dienone is 4. The Morgan fingerprint density at radius 1 is 0.789 bits per heavy atom. The maximum Gasteiger partial charge on any atom is 0.320 e. The Morgan fingerprint density at radius 3 is 1.21 bits per heavy atom. The molecule has 11 heteroatoms. The van der Waals surface area contributed by atoms with Crippen LogP contribution < -0.4 is 21.3 Å². The first-order valence-corrected chi connectivity index (χ1v) is 11.3. The maximum absolute atomic E-state index is 10.8. The Labute approximate surface area is 230 Å². The smallest absolute Gasteiger partial charge is 0.320 e. The van der Waals surface area contributed by atoms with E-state index in [0.29, 0.717) is 0 Å². The lowest BCUT2D eigenvalue weighted by molar-refractivity contribution is 0.200. The topological polar surface area (TPSA) is 135 Å². The minimum Gasteiger partial charge on any atom is -0.341 e. The zero-order chi connectivity index (χ0) is 31.5. The predicted octanol–water partition coefficient (Wildman–Crippen LogP) is 4.43. The second-order valence-electron chi connectivity index (χ2n) is 6.53. The fourth-order valence-corrected chi connectivity index (χ4v) is 1.12. The van der Waals surface area contributed by atoms with Gasteiger partial charge in [-0.05, 0) is 20.8 Å². The van der Waals surface area contributed by atoms with E-state index in [9.17, 15) is 14.4 Å². The summed E-state index contributed by atoms with van der Waals surface area (Å²) in [5.74, 6) is 0.278. The van der Waals surface area contributed by atoms with Crippen LogP contribution in [-0.4, -0.2) is 82.3 Å². The Morgan fingerprint density at radius 2 is 1.16 bits per heavy atom. The molecule has 0 aliphatic rings.